The summed E-state index contributed by atoms with van der Waals surface area (Å²) in [6, 6.07) is 7.53. The Morgan fingerprint density at radius 3 is 3.00 bits per heavy atom. The van der Waals surface area contributed by atoms with Gasteiger partial charge in [-0.1, -0.05) is 18.2 Å². The molecular weight excluding hydrogens is 260 g/mol. The molecule has 0 N–H and O–H groups in total. The molecule has 0 unspecified atom stereocenters. The van der Waals surface area contributed by atoms with Gasteiger partial charge in [0.05, 0.1) is 31.5 Å². The molecule has 1 amide bonds. The summed E-state index contributed by atoms with van der Waals surface area (Å²) in [7, 11) is 1.54. The average molecular weight is 274 g/mol. The van der Waals surface area contributed by atoms with Crippen LogP contribution in [0.5, 0.6) is 5.88 Å². The Morgan fingerprint density at radius 2 is 2.25 bits per heavy atom. The van der Waals surface area contributed by atoms with Crippen LogP contribution in [0.3, 0.4) is 0 Å². The molecule has 0 bridgehead atoms. The smallest absolute Gasteiger partial charge is 0.414 e. The summed E-state index contributed by atoms with van der Waals surface area (Å²) in [5.74, 6) is 1.02. The first kappa shape index (κ1) is 12.5. The molecule has 0 spiro atoms. The third kappa shape index (κ3) is 1.80. The van der Waals surface area contributed by atoms with E-state index in [4.69, 9.17) is 14.0 Å². The summed E-state index contributed by atoms with van der Waals surface area (Å²) in [6.45, 7) is 2.38. The number of hydrogen-bond donors (Lipinski definition) is 0. The van der Waals surface area contributed by atoms with Crippen molar-refractivity contribution in [1.29, 1.82) is 0 Å². The number of hydrogen-bond acceptors (Lipinski definition) is 5. The van der Waals surface area contributed by atoms with Gasteiger partial charge in [-0.3, -0.25) is 4.90 Å². The summed E-state index contributed by atoms with van der Waals surface area (Å²) in [5, 5.41) is 3.88. The molecule has 1 aliphatic heterocycles. The molecule has 0 fully saturated rings. The van der Waals surface area contributed by atoms with Gasteiger partial charge in [-0.2, -0.15) is 0 Å². The lowest BCUT2D eigenvalue weighted by atomic mass is 9.99. The average Bonchev–Trinajstić information content (AvgIpc) is 2.90. The van der Waals surface area contributed by atoms with Crippen molar-refractivity contribution in [3.05, 3.63) is 30.0 Å². The highest BCUT2D eigenvalue weighted by Crippen LogP contribution is 2.43. The van der Waals surface area contributed by atoms with Gasteiger partial charge in [-0.25, -0.2) is 4.79 Å². The van der Waals surface area contributed by atoms with Gasteiger partial charge < -0.3 is 14.0 Å². The summed E-state index contributed by atoms with van der Waals surface area (Å²) >= 11 is 0. The number of para-hydroxylation sites is 1. The van der Waals surface area contributed by atoms with Crippen LogP contribution in [0.2, 0.25) is 0 Å². The fourth-order valence-corrected chi connectivity index (χ4v) is 2.33. The monoisotopic (exact) mass is 274 g/mol. The van der Waals surface area contributed by atoms with Gasteiger partial charge in [-0.05, 0) is 18.1 Å². The number of nitrogens with zero attached hydrogens (tertiary/aromatic N) is 2. The van der Waals surface area contributed by atoms with Gasteiger partial charge in [0.1, 0.15) is 0 Å². The van der Waals surface area contributed by atoms with Crippen molar-refractivity contribution < 1.29 is 18.8 Å². The van der Waals surface area contributed by atoms with E-state index >= 15 is 0 Å². The fraction of sp³-hybridized carbons (Fsp3) is 0.286. The molecule has 20 heavy (non-hydrogen) atoms. The van der Waals surface area contributed by atoms with E-state index < -0.39 is 6.09 Å². The van der Waals surface area contributed by atoms with Crippen molar-refractivity contribution in [3.63, 3.8) is 0 Å². The first-order valence-electron chi connectivity index (χ1n) is 6.32. The molecule has 3 rings (SSSR count). The number of benzene rings is 1. The predicted octanol–water partition coefficient (Wildman–Crippen LogP) is 2.83. The van der Waals surface area contributed by atoms with Crippen molar-refractivity contribution in [2.75, 3.05) is 18.6 Å². The van der Waals surface area contributed by atoms with Crippen LogP contribution in [0, 0.1) is 0 Å². The lowest BCUT2D eigenvalue weighted by Gasteiger charge is -2.27. The Hall–Kier alpha value is -2.50. The topological polar surface area (TPSA) is 64.8 Å². The van der Waals surface area contributed by atoms with E-state index in [1.165, 1.54) is 4.90 Å². The molecule has 6 heteroatoms. The van der Waals surface area contributed by atoms with Crippen LogP contribution in [-0.4, -0.2) is 25.0 Å². The number of carbonyl (C=O) groups excluding carboxylic acids is 1. The lowest BCUT2D eigenvalue weighted by Crippen LogP contribution is -2.33. The van der Waals surface area contributed by atoms with E-state index in [-0.39, 0.29) is 6.54 Å². The van der Waals surface area contributed by atoms with Crippen LogP contribution in [0.25, 0.3) is 11.1 Å². The molecule has 1 aromatic heterocycles. The maximum Gasteiger partial charge on any atom is 0.414 e. The molecule has 0 atom stereocenters. The largest absolute Gasteiger partial charge is 0.478 e. The van der Waals surface area contributed by atoms with Crippen LogP contribution < -0.4 is 9.64 Å². The molecule has 1 aliphatic rings. The quantitative estimate of drug-likeness (QED) is 0.842. The fourth-order valence-electron chi connectivity index (χ4n) is 2.33. The molecule has 2 heterocycles. The van der Waals surface area contributed by atoms with Gasteiger partial charge in [0, 0.05) is 5.56 Å². The summed E-state index contributed by atoms with van der Waals surface area (Å²) < 4.78 is 15.6. The van der Waals surface area contributed by atoms with E-state index in [0.717, 1.165) is 16.8 Å². The second kappa shape index (κ2) is 4.88. The normalized spacial score (nSPS) is 12.6. The summed E-state index contributed by atoms with van der Waals surface area (Å²) in [4.78, 5) is 13.6. The van der Waals surface area contributed by atoms with Gasteiger partial charge >= 0.3 is 6.09 Å². The van der Waals surface area contributed by atoms with Gasteiger partial charge in [-0.15, -0.1) is 0 Å². The third-order valence-corrected chi connectivity index (χ3v) is 3.18. The van der Waals surface area contributed by atoms with Crippen LogP contribution in [0.15, 0.2) is 28.8 Å². The number of aromatic nitrogens is 1. The first-order chi connectivity index (χ1) is 9.76. The number of carbonyl (C=O) groups is 1. The minimum absolute atomic E-state index is 0.279. The highest BCUT2D eigenvalue weighted by atomic mass is 16.6. The van der Waals surface area contributed by atoms with Crippen LogP contribution in [0.1, 0.15) is 12.7 Å². The second-order valence-electron chi connectivity index (χ2n) is 4.29. The third-order valence-electron chi connectivity index (χ3n) is 3.18. The van der Waals surface area contributed by atoms with Crippen molar-refractivity contribution in [2.45, 2.75) is 13.5 Å². The lowest BCUT2D eigenvalue weighted by molar-refractivity contribution is 0.158. The molecule has 6 nitrogen and oxygen atoms in total. The Bertz CT molecular complexity index is 650. The number of fused-ring (bicyclic) bond motifs is 3. The maximum atomic E-state index is 12.1. The van der Waals surface area contributed by atoms with E-state index in [1.807, 2.05) is 24.3 Å². The van der Waals surface area contributed by atoms with Gasteiger partial charge in [0.2, 0.25) is 0 Å². The Balaban J connectivity index is 2.12. The van der Waals surface area contributed by atoms with E-state index in [9.17, 15) is 4.79 Å². The summed E-state index contributed by atoms with van der Waals surface area (Å²) in [5.41, 5.74) is 2.41. The Labute approximate surface area is 115 Å². The zero-order valence-electron chi connectivity index (χ0n) is 11.3. The Morgan fingerprint density at radius 1 is 1.45 bits per heavy atom. The molecule has 0 saturated carbocycles. The standard InChI is InChI=1S/C14H14N2O4/c1-3-19-14(17)16-8-11-12(13(18-2)15-20-11)9-6-4-5-7-10(9)16/h4-7H,3,8H2,1-2H3. The second-order valence-corrected chi connectivity index (χ2v) is 4.29. The highest BCUT2D eigenvalue weighted by molar-refractivity contribution is 5.97. The molecule has 0 saturated heterocycles. The van der Waals surface area contributed by atoms with Gasteiger partial charge in [0.25, 0.3) is 5.88 Å². The van der Waals surface area contributed by atoms with Crippen LogP contribution >= 0.6 is 0 Å². The molecule has 104 valence electrons. The molecule has 1 aromatic carbocycles. The van der Waals surface area contributed by atoms with Gasteiger partial charge in [0.15, 0.2) is 5.76 Å². The van der Waals surface area contributed by atoms with Crippen molar-refractivity contribution in [2.24, 2.45) is 0 Å². The maximum absolute atomic E-state index is 12.1. The van der Waals surface area contributed by atoms with Crippen molar-refractivity contribution >= 4 is 11.8 Å². The highest BCUT2D eigenvalue weighted by Gasteiger charge is 2.32. The Kier molecular flexibility index (Phi) is 3.06. The number of anilines is 1. The number of amides is 1. The molecular formula is C14H14N2O4. The number of ether oxygens (including phenoxy) is 2. The van der Waals surface area contributed by atoms with E-state index in [1.54, 1.807) is 14.0 Å². The van der Waals surface area contributed by atoms with Crippen molar-refractivity contribution in [1.82, 2.24) is 5.16 Å². The zero-order valence-corrected chi connectivity index (χ0v) is 11.3. The predicted molar refractivity (Wildman–Crippen MR) is 71.7 cm³/mol. The number of rotatable bonds is 2. The molecule has 2 aromatic rings. The molecule has 0 aliphatic carbocycles. The minimum Gasteiger partial charge on any atom is -0.478 e. The number of methoxy groups -OCH3 is 1. The van der Waals surface area contributed by atoms with E-state index in [2.05, 4.69) is 5.16 Å². The minimum atomic E-state index is -0.402. The van der Waals surface area contributed by atoms with Crippen LogP contribution in [0.4, 0.5) is 10.5 Å². The zero-order chi connectivity index (χ0) is 14.1. The van der Waals surface area contributed by atoms with E-state index in [0.29, 0.717) is 18.2 Å². The van der Waals surface area contributed by atoms with Crippen LogP contribution in [-0.2, 0) is 11.3 Å². The SMILES string of the molecule is CCOC(=O)N1Cc2onc(OC)c2-c2ccccc21. The first-order valence-corrected chi connectivity index (χ1v) is 6.32. The molecule has 0 radical (unpaired) electrons. The summed E-state index contributed by atoms with van der Waals surface area (Å²) in [6.07, 6.45) is -0.402. The van der Waals surface area contributed by atoms with Crippen molar-refractivity contribution in [3.8, 4) is 17.0 Å².